The second kappa shape index (κ2) is 5.28. The van der Waals surface area contributed by atoms with Crippen LogP contribution >= 0.6 is 0 Å². The Hall–Kier alpha value is -2.64. The van der Waals surface area contributed by atoms with Crippen LogP contribution in [0.15, 0.2) is 64.0 Å². The number of rotatable bonds is 3. The highest BCUT2D eigenvalue weighted by Crippen LogP contribution is 2.38. The zero-order valence-corrected chi connectivity index (χ0v) is 12.1. The van der Waals surface area contributed by atoms with E-state index in [1.54, 1.807) is 12.1 Å². The molecule has 0 unspecified atom stereocenters. The highest BCUT2D eigenvalue weighted by atomic mass is 32.2. The third kappa shape index (κ3) is 2.59. The summed E-state index contributed by atoms with van der Waals surface area (Å²) >= 11 is 0. The van der Waals surface area contributed by atoms with E-state index in [4.69, 9.17) is 9.66 Å². The summed E-state index contributed by atoms with van der Waals surface area (Å²) in [7, 11) is -3.76. The van der Waals surface area contributed by atoms with Gasteiger partial charge in [-0.15, -0.1) is 0 Å². The number of aromatic hydroxyl groups is 1. The predicted molar refractivity (Wildman–Crippen MR) is 80.4 cm³/mol. The summed E-state index contributed by atoms with van der Waals surface area (Å²) in [5.74, 6) is -0.331. The van der Waals surface area contributed by atoms with E-state index in [0.717, 1.165) is 5.56 Å². The van der Waals surface area contributed by atoms with E-state index in [1.165, 1.54) is 12.1 Å². The van der Waals surface area contributed by atoms with E-state index in [0.29, 0.717) is 16.8 Å². The quantitative estimate of drug-likeness (QED) is 0.771. The SMILES string of the molecule is NS(=O)(=O)c1ccc(-c2c(-c3ccccc3)noc2O)cc1. The molecule has 7 heteroatoms. The highest BCUT2D eigenvalue weighted by molar-refractivity contribution is 7.89. The van der Waals surface area contributed by atoms with E-state index in [2.05, 4.69) is 5.16 Å². The molecule has 0 spiro atoms. The van der Waals surface area contributed by atoms with E-state index in [9.17, 15) is 13.5 Å². The van der Waals surface area contributed by atoms with Crippen LogP contribution in [-0.2, 0) is 10.0 Å². The Balaban J connectivity index is 2.12. The fraction of sp³-hybridized carbons (Fsp3) is 0. The number of nitrogens with zero attached hydrogens (tertiary/aromatic N) is 1. The van der Waals surface area contributed by atoms with E-state index >= 15 is 0 Å². The summed E-state index contributed by atoms with van der Waals surface area (Å²) in [6, 6.07) is 15.0. The van der Waals surface area contributed by atoms with Gasteiger partial charge in [0, 0.05) is 5.56 Å². The van der Waals surface area contributed by atoms with Crippen molar-refractivity contribution in [3.8, 4) is 28.3 Å². The average Bonchev–Trinajstić information content (AvgIpc) is 2.89. The molecule has 0 saturated heterocycles. The Morgan fingerprint density at radius 2 is 1.59 bits per heavy atom. The van der Waals surface area contributed by atoms with Crippen molar-refractivity contribution in [2.24, 2.45) is 5.14 Å². The Bertz CT molecular complexity index is 900. The van der Waals surface area contributed by atoms with E-state index in [1.807, 2.05) is 30.3 Å². The smallest absolute Gasteiger partial charge is 0.317 e. The lowest BCUT2D eigenvalue weighted by Crippen LogP contribution is -2.11. The normalized spacial score (nSPS) is 11.5. The topological polar surface area (TPSA) is 106 Å². The molecule has 0 saturated carbocycles. The summed E-state index contributed by atoms with van der Waals surface area (Å²) in [5, 5.41) is 18.8. The Morgan fingerprint density at radius 1 is 0.955 bits per heavy atom. The van der Waals surface area contributed by atoms with Crippen molar-refractivity contribution in [3.63, 3.8) is 0 Å². The lowest BCUT2D eigenvalue weighted by Gasteiger charge is -2.03. The fourth-order valence-corrected chi connectivity index (χ4v) is 2.66. The first kappa shape index (κ1) is 14.3. The first-order valence-electron chi connectivity index (χ1n) is 6.34. The molecule has 3 rings (SSSR count). The highest BCUT2D eigenvalue weighted by Gasteiger charge is 2.19. The van der Waals surface area contributed by atoms with Gasteiger partial charge in [-0.3, -0.25) is 0 Å². The molecule has 2 aromatic carbocycles. The summed E-state index contributed by atoms with van der Waals surface area (Å²) in [5.41, 5.74) is 2.22. The number of nitrogens with two attached hydrogens (primary N) is 1. The molecule has 3 aromatic rings. The molecule has 1 aromatic heterocycles. The minimum atomic E-state index is -3.76. The number of aromatic nitrogens is 1. The van der Waals surface area contributed by atoms with Gasteiger partial charge in [0.25, 0.3) is 0 Å². The molecule has 0 bridgehead atoms. The molecule has 3 N–H and O–H groups in total. The number of hydrogen-bond acceptors (Lipinski definition) is 5. The number of primary sulfonamides is 1. The van der Waals surface area contributed by atoms with Crippen molar-refractivity contribution in [2.75, 3.05) is 0 Å². The molecule has 0 fully saturated rings. The number of hydrogen-bond donors (Lipinski definition) is 2. The standard InChI is InChI=1S/C15H12N2O4S/c16-22(19,20)12-8-6-10(7-9-12)13-14(17-21-15(13)18)11-4-2-1-3-5-11/h1-9,18H,(H2,16,19,20). The van der Waals surface area contributed by atoms with Crippen LogP contribution < -0.4 is 5.14 Å². The van der Waals surface area contributed by atoms with Crippen LogP contribution in [0.3, 0.4) is 0 Å². The third-order valence-electron chi connectivity index (χ3n) is 3.19. The Kier molecular flexibility index (Phi) is 3.44. The van der Waals surface area contributed by atoms with Crippen LogP contribution in [0.2, 0.25) is 0 Å². The molecule has 112 valence electrons. The van der Waals surface area contributed by atoms with Crippen molar-refractivity contribution in [3.05, 3.63) is 54.6 Å². The molecule has 0 aliphatic heterocycles. The first-order valence-corrected chi connectivity index (χ1v) is 7.89. The van der Waals surface area contributed by atoms with Gasteiger partial charge < -0.3 is 9.63 Å². The zero-order valence-electron chi connectivity index (χ0n) is 11.3. The van der Waals surface area contributed by atoms with Gasteiger partial charge in [-0.1, -0.05) is 47.6 Å². The van der Waals surface area contributed by atoms with Gasteiger partial charge in [-0.2, -0.15) is 0 Å². The van der Waals surface area contributed by atoms with Gasteiger partial charge in [0.05, 0.1) is 10.5 Å². The average molecular weight is 316 g/mol. The van der Waals surface area contributed by atoms with Crippen LogP contribution in [0.25, 0.3) is 22.4 Å². The van der Waals surface area contributed by atoms with Crippen LogP contribution in [0.4, 0.5) is 0 Å². The maximum atomic E-state index is 11.3. The summed E-state index contributed by atoms with van der Waals surface area (Å²) in [6.07, 6.45) is 0. The molecule has 0 atom stereocenters. The van der Waals surface area contributed by atoms with Crippen LogP contribution in [0.1, 0.15) is 0 Å². The number of sulfonamides is 1. The van der Waals surface area contributed by atoms with Crippen molar-refractivity contribution in [1.82, 2.24) is 5.16 Å². The van der Waals surface area contributed by atoms with Gasteiger partial charge in [-0.25, -0.2) is 13.6 Å². The fourth-order valence-electron chi connectivity index (χ4n) is 2.15. The molecule has 1 heterocycles. The van der Waals surface area contributed by atoms with Gasteiger partial charge in [0.2, 0.25) is 10.0 Å². The second-order valence-electron chi connectivity index (χ2n) is 4.65. The van der Waals surface area contributed by atoms with Crippen LogP contribution in [0.5, 0.6) is 5.95 Å². The summed E-state index contributed by atoms with van der Waals surface area (Å²) in [4.78, 5) is -0.00606. The Morgan fingerprint density at radius 3 is 2.18 bits per heavy atom. The lowest BCUT2D eigenvalue weighted by molar-refractivity contribution is 0.280. The molecule has 6 nitrogen and oxygen atoms in total. The van der Waals surface area contributed by atoms with Crippen LogP contribution in [0, 0.1) is 0 Å². The third-order valence-corrected chi connectivity index (χ3v) is 4.12. The van der Waals surface area contributed by atoms with E-state index < -0.39 is 10.0 Å². The maximum absolute atomic E-state index is 11.3. The van der Waals surface area contributed by atoms with Crippen LogP contribution in [-0.4, -0.2) is 18.7 Å². The van der Waals surface area contributed by atoms with Gasteiger partial charge >= 0.3 is 5.95 Å². The van der Waals surface area contributed by atoms with Crippen molar-refractivity contribution in [1.29, 1.82) is 0 Å². The minimum absolute atomic E-state index is 0.00606. The lowest BCUT2D eigenvalue weighted by atomic mass is 10.0. The van der Waals surface area contributed by atoms with Gasteiger partial charge in [-0.05, 0) is 17.7 Å². The zero-order chi connectivity index (χ0) is 15.7. The molecule has 22 heavy (non-hydrogen) atoms. The van der Waals surface area contributed by atoms with Crippen molar-refractivity contribution >= 4 is 10.0 Å². The first-order chi connectivity index (χ1) is 10.5. The minimum Gasteiger partial charge on any atom is -0.479 e. The monoisotopic (exact) mass is 316 g/mol. The second-order valence-corrected chi connectivity index (χ2v) is 6.21. The predicted octanol–water partition coefficient (Wildman–Crippen LogP) is 2.36. The van der Waals surface area contributed by atoms with Crippen molar-refractivity contribution in [2.45, 2.75) is 4.90 Å². The molecular weight excluding hydrogens is 304 g/mol. The molecule has 0 amide bonds. The van der Waals surface area contributed by atoms with Gasteiger partial charge in [0.15, 0.2) is 0 Å². The van der Waals surface area contributed by atoms with Crippen molar-refractivity contribution < 1.29 is 18.0 Å². The Labute approximate surface area is 126 Å². The summed E-state index contributed by atoms with van der Waals surface area (Å²) < 4.78 is 27.4. The van der Waals surface area contributed by atoms with E-state index in [-0.39, 0.29) is 10.8 Å². The molecule has 0 aliphatic rings. The molecule has 0 aliphatic carbocycles. The maximum Gasteiger partial charge on any atom is 0.317 e. The molecule has 0 radical (unpaired) electrons. The molecular formula is C15H12N2O4S. The number of benzene rings is 2. The summed E-state index contributed by atoms with van der Waals surface area (Å²) in [6.45, 7) is 0. The van der Waals surface area contributed by atoms with Gasteiger partial charge in [0.1, 0.15) is 5.69 Å². The largest absolute Gasteiger partial charge is 0.479 e.